The topological polar surface area (TPSA) is 98.9 Å². The van der Waals surface area contributed by atoms with Crippen LogP contribution in [-0.2, 0) is 20.9 Å². The largest absolute Gasteiger partial charge is 0.495 e. The van der Waals surface area contributed by atoms with Crippen LogP contribution >= 0.6 is 15.9 Å². The van der Waals surface area contributed by atoms with Crippen LogP contribution in [0.2, 0.25) is 0 Å². The first-order chi connectivity index (χ1) is 12.0. The van der Waals surface area contributed by atoms with E-state index in [1.54, 1.807) is 32.9 Å². The maximum absolute atomic E-state index is 12.8. The fourth-order valence-corrected chi connectivity index (χ4v) is 3.41. The van der Waals surface area contributed by atoms with Crippen LogP contribution in [-0.4, -0.2) is 41.4 Å². The fraction of sp³-hybridized carbons (Fsp3) is 0.500. The Morgan fingerprint density at radius 1 is 1.35 bits per heavy atom. The zero-order valence-corrected chi connectivity index (χ0v) is 16.9. The van der Waals surface area contributed by atoms with Crippen molar-refractivity contribution < 1.29 is 23.9 Å². The minimum Gasteiger partial charge on any atom is -0.495 e. The second-order valence-corrected chi connectivity index (χ2v) is 7.95. The van der Waals surface area contributed by atoms with E-state index in [9.17, 15) is 14.4 Å². The van der Waals surface area contributed by atoms with Crippen LogP contribution in [0.25, 0.3) is 0 Å². The molecule has 0 unspecified atom stereocenters. The molecule has 1 aromatic rings. The number of amides is 2. The first-order valence-electron chi connectivity index (χ1n) is 8.22. The van der Waals surface area contributed by atoms with Crippen LogP contribution in [0.1, 0.15) is 49.5 Å². The third-order valence-electron chi connectivity index (χ3n) is 3.96. The van der Waals surface area contributed by atoms with E-state index in [1.807, 2.05) is 0 Å². The summed E-state index contributed by atoms with van der Waals surface area (Å²) in [6.45, 7) is 5.53. The predicted molar refractivity (Wildman–Crippen MR) is 98.6 cm³/mol. The van der Waals surface area contributed by atoms with Gasteiger partial charge in [0.05, 0.1) is 17.1 Å². The van der Waals surface area contributed by atoms with E-state index in [4.69, 9.17) is 15.2 Å². The summed E-state index contributed by atoms with van der Waals surface area (Å²) in [4.78, 5) is 38.1. The van der Waals surface area contributed by atoms with Crippen LogP contribution < -0.4 is 10.5 Å². The second kappa shape index (κ2) is 7.65. The molecule has 0 spiro atoms. The van der Waals surface area contributed by atoms with Crippen LogP contribution in [0.5, 0.6) is 5.75 Å². The number of ether oxygens (including phenoxy) is 2. The van der Waals surface area contributed by atoms with Gasteiger partial charge in [-0.15, -0.1) is 0 Å². The Morgan fingerprint density at radius 3 is 2.54 bits per heavy atom. The standard InChI is InChI=1S/C18H23BrN2O5/c1-18(2,3)26-13(22)8-7-12(16(20)23)21-9-10-5-6-11(19)15(25-4)14(10)17(21)24/h5-6,12H,7-9H2,1-4H3,(H2,20,23)/t12-/m0/s1. The highest BCUT2D eigenvalue weighted by Crippen LogP contribution is 2.37. The zero-order valence-electron chi connectivity index (χ0n) is 15.3. The molecule has 1 atom stereocenters. The van der Waals surface area contributed by atoms with Crippen LogP contribution in [0.15, 0.2) is 16.6 Å². The molecule has 0 saturated heterocycles. The van der Waals surface area contributed by atoms with E-state index in [-0.39, 0.29) is 25.3 Å². The van der Waals surface area contributed by atoms with E-state index in [0.29, 0.717) is 15.8 Å². The van der Waals surface area contributed by atoms with Gasteiger partial charge in [0.25, 0.3) is 5.91 Å². The van der Waals surface area contributed by atoms with Gasteiger partial charge in [-0.3, -0.25) is 14.4 Å². The number of esters is 1. The smallest absolute Gasteiger partial charge is 0.306 e. The third kappa shape index (κ3) is 4.35. The first-order valence-corrected chi connectivity index (χ1v) is 9.02. The summed E-state index contributed by atoms with van der Waals surface area (Å²) in [5, 5.41) is 0. The first kappa shape index (κ1) is 20.2. The lowest BCUT2D eigenvalue weighted by molar-refractivity contribution is -0.155. The Bertz CT molecular complexity index is 742. The highest BCUT2D eigenvalue weighted by atomic mass is 79.9. The number of rotatable bonds is 6. The summed E-state index contributed by atoms with van der Waals surface area (Å²) in [6.07, 6.45) is 0.0965. The van der Waals surface area contributed by atoms with Gasteiger partial charge < -0.3 is 20.1 Å². The van der Waals surface area contributed by atoms with Crippen LogP contribution in [0, 0.1) is 0 Å². The molecule has 8 heteroatoms. The molecule has 1 heterocycles. The van der Waals surface area contributed by atoms with Gasteiger partial charge in [0.1, 0.15) is 17.4 Å². The molecule has 26 heavy (non-hydrogen) atoms. The number of primary amides is 1. The van der Waals surface area contributed by atoms with Crippen LogP contribution in [0.3, 0.4) is 0 Å². The molecule has 0 radical (unpaired) electrons. The number of nitrogens with two attached hydrogens (primary N) is 1. The lowest BCUT2D eigenvalue weighted by atomic mass is 10.1. The molecule has 0 aliphatic carbocycles. The number of methoxy groups -OCH3 is 1. The minimum atomic E-state index is -0.897. The van der Waals surface area contributed by atoms with Crippen molar-refractivity contribution in [3.05, 3.63) is 27.7 Å². The van der Waals surface area contributed by atoms with Crippen molar-refractivity contribution >= 4 is 33.7 Å². The van der Waals surface area contributed by atoms with Gasteiger partial charge in [0.15, 0.2) is 0 Å². The normalized spacial score (nSPS) is 14.8. The Morgan fingerprint density at radius 2 is 2.00 bits per heavy atom. The molecule has 2 amide bonds. The molecule has 0 bridgehead atoms. The number of nitrogens with zero attached hydrogens (tertiary/aromatic N) is 1. The molecule has 2 N–H and O–H groups in total. The number of carbonyl (C=O) groups is 3. The Hall–Kier alpha value is -2.09. The Labute approximate surface area is 160 Å². The summed E-state index contributed by atoms with van der Waals surface area (Å²) >= 11 is 3.35. The monoisotopic (exact) mass is 426 g/mol. The van der Waals surface area contributed by atoms with Crippen molar-refractivity contribution in [3.63, 3.8) is 0 Å². The summed E-state index contributed by atoms with van der Waals surface area (Å²) < 4.78 is 11.2. The van der Waals surface area contributed by atoms with E-state index >= 15 is 0 Å². The number of carbonyl (C=O) groups excluding carboxylic acids is 3. The molecule has 0 fully saturated rings. The number of halogens is 1. The lowest BCUT2D eigenvalue weighted by Gasteiger charge is -2.25. The van der Waals surface area contributed by atoms with Crippen molar-refractivity contribution in [2.75, 3.05) is 7.11 Å². The molecule has 0 saturated carbocycles. The molecule has 1 aromatic carbocycles. The molecule has 7 nitrogen and oxygen atoms in total. The van der Waals surface area contributed by atoms with Gasteiger partial charge in [0.2, 0.25) is 5.91 Å². The van der Waals surface area contributed by atoms with Gasteiger partial charge in [0, 0.05) is 13.0 Å². The predicted octanol–water partition coefficient (Wildman–Crippen LogP) is 2.39. The average molecular weight is 427 g/mol. The van der Waals surface area contributed by atoms with Gasteiger partial charge in [-0.1, -0.05) is 6.07 Å². The highest BCUT2D eigenvalue weighted by Gasteiger charge is 2.38. The number of benzene rings is 1. The van der Waals surface area contributed by atoms with E-state index < -0.39 is 23.5 Å². The Kier molecular flexibility index (Phi) is 5.95. The number of fused-ring (bicyclic) bond motifs is 1. The summed E-state index contributed by atoms with van der Waals surface area (Å²) in [5.74, 6) is -1.02. The molecular weight excluding hydrogens is 404 g/mol. The van der Waals surface area contributed by atoms with Gasteiger partial charge >= 0.3 is 5.97 Å². The third-order valence-corrected chi connectivity index (χ3v) is 4.59. The summed E-state index contributed by atoms with van der Waals surface area (Å²) in [6, 6.07) is 2.69. The molecule has 2 rings (SSSR count). The molecular formula is C18H23BrN2O5. The molecule has 142 valence electrons. The second-order valence-electron chi connectivity index (χ2n) is 7.09. The number of hydrogen-bond acceptors (Lipinski definition) is 5. The van der Waals surface area contributed by atoms with E-state index in [2.05, 4.69) is 15.9 Å². The van der Waals surface area contributed by atoms with E-state index in [1.165, 1.54) is 12.0 Å². The highest BCUT2D eigenvalue weighted by molar-refractivity contribution is 9.10. The van der Waals surface area contributed by atoms with Gasteiger partial charge in [-0.25, -0.2) is 0 Å². The fourth-order valence-electron chi connectivity index (χ4n) is 2.91. The summed E-state index contributed by atoms with van der Waals surface area (Å²) in [5.41, 5.74) is 6.05. The van der Waals surface area contributed by atoms with Gasteiger partial charge in [-0.05, 0) is 54.8 Å². The zero-order chi connectivity index (χ0) is 19.6. The van der Waals surface area contributed by atoms with Crippen molar-refractivity contribution in [1.82, 2.24) is 4.90 Å². The van der Waals surface area contributed by atoms with Crippen LogP contribution in [0.4, 0.5) is 0 Å². The molecule has 1 aliphatic heterocycles. The SMILES string of the molecule is COc1c(Br)ccc2c1C(=O)N([C@@H](CCC(=O)OC(C)(C)C)C(N)=O)C2. The maximum Gasteiger partial charge on any atom is 0.306 e. The quantitative estimate of drug-likeness (QED) is 0.703. The molecule has 1 aliphatic rings. The lowest BCUT2D eigenvalue weighted by Crippen LogP contribution is -2.45. The van der Waals surface area contributed by atoms with E-state index in [0.717, 1.165) is 5.56 Å². The molecule has 0 aromatic heterocycles. The average Bonchev–Trinajstić information content (AvgIpc) is 2.83. The number of hydrogen-bond donors (Lipinski definition) is 1. The summed E-state index contributed by atoms with van der Waals surface area (Å²) in [7, 11) is 1.48. The van der Waals surface area contributed by atoms with Crippen molar-refractivity contribution in [3.8, 4) is 5.75 Å². The van der Waals surface area contributed by atoms with Crippen molar-refractivity contribution in [1.29, 1.82) is 0 Å². The minimum absolute atomic E-state index is 0.00810. The van der Waals surface area contributed by atoms with Gasteiger partial charge in [-0.2, -0.15) is 0 Å². The van der Waals surface area contributed by atoms with Crippen molar-refractivity contribution in [2.45, 2.75) is 51.8 Å². The van der Waals surface area contributed by atoms with Crippen molar-refractivity contribution in [2.24, 2.45) is 5.73 Å². The Balaban J connectivity index is 2.18. The maximum atomic E-state index is 12.8.